The Morgan fingerprint density at radius 2 is 1.94 bits per heavy atom. The third-order valence-electron chi connectivity index (χ3n) is 3.45. The average molecular weight is 239 g/mol. The Morgan fingerprint density at radius 1 is 1.19 bits per heavy atom. The Labute approximate surface area is 102 Å². The lowest BCUT2D eigenvalue weighted by atomic mass is 10.1. The van der Waals surface area contributed by atoms with Crippen molar-refractivity contribution in [3.05, 3.63) is 22.2 Å². The Balaban J connectivity index is 2.39. The molecule has 16 heavy (non-hydrogen) atoms. The van der Waals surface area contributed by atoms with Crippen LogP contribution >= 0.6 is 11.6 Å². The summed E-state index contributed by atoms with van der Waals surface area (Å²) in [6.07, 6.45) is 6.93. The molecule has 1 aromatic rings. The molecule has 1 aliphatic carbocycles. The number of fused-ring (bicyclic) bond motifs is 1. The van der Waals surface area contributed by atoms with Crippen LogP contribution in [-0.4, -0.2) is 9.97 Å². The van der Waals surface area contributed by atoms with Gasteiger partial charge in [-0.25, -0.2) is 9.97 Å². The fourth-order valence-corrected chi connectivity index (χ4v) is 2.44. The van der Waals surface area contributed by atoms with Crippen molar-refractivity contribution in [2.24, 2.45) is 0 Å². The molecule has 0 saturated carbocycles. The first-order chi connectivity index (χ1) is 7.72. The second kappa shape index (κ2) is 5.13. The molecule has 0 saturated heterocycles. The Bertz CT molecular complexity index is 376. The van der Waals surface area contributed by atoms with Gasteiger partial charge in [0.25, 0.3) is 0 Å². The van der Waals surface area contributed by atoms with E-state index in [0.29, 0.717) is 11.1 Å². The molecule has 1 heterocycles. The van der Waals surface area contributed by atoms with Crippen molar-refractivity contribution in [3.8, 4) is 0 Å². The number of aromatic nitrogens is 2. The van der Waals surface area contributed by atoms with E-state index in [-0.39, 0.29) is 0 Å². The van der Waals surface area contributed by atoms with Crippen LogP contribution in [0.1, 0.15) is 62.5 Å². The molecule has 0 N–H and O–H groups in total. The summed E-state index contributed by atoms with van der Waals surface area (Å²) in [5, 5.41) is 0.696. The van der Waals surface area contributed by atoms with Crippen molar-refractivity contribution in [1.29, 1.82) is 0 Å². The zero-order valence-electron chi connectivity index (χ0n) is 10.1. The fourth-order valence-electron chi connectivity index (χ4n) is 2.15. The van der Waals surface area contributed by atoms with E-state index in [1.807, 2.05) is 0 Å². The van der Waals surface area contributed by atoms with Gasteiger partial charge in [0, 0.05) is 17.2 Å². The molecule has 0 amide bonds. The summed E-state index contributed by atoms with van der Waals surface area (Å²) in [5.41, 5.74) is 2.40. The number of hydrogen-bond donors (Lipinski definition) is 0. The SMILES string of the molecule is CCC(C)c1nc(Cl)c2c(n1)CCCCC2. The van der Waals surface area contributed by atoms with Gasteiger partial charge < -0.3 is 0 Å². The Kier molecular flexibility index (Phi) is 3.80. The van der Waals surface area contributed by atoms with Gasteiger partial charge in [-0.15, -0.1) is 0 Å². The maximum atomic E-state index is 6.27. The van der Waals surface area contributed by atoms with Crippen molar-refractivity contribution >= 4 is 11.6 Å². The quantitative estimate of drug-likeness (QED) is 0.577. The third-order valence-corrected chi connectivity index (χ3v) is 3.77. The number of hydrogen-bond acceptors (Lipinski definition) is 2. The number of halogens is 1. The normalized spacial score (nSPS) is 17.7. The smallest absolute Gasteiger partial charge is 0.136 e. The lowest BCUT2D eigenvalue weighted by Gasteiger charge is -2.12. The Morgan fingerprint density at radius 3 is 2.69 bits per heavy atom. The van der Waals surface area contributed by atoms with Crippen molar-refractivity contribution in [2.75, 3.05) is 0 Å². The van der Waals surface area contributed by atoms with Crippen molar-refractivity contribution in [3.63, 3.8) is 0 Å². The van der Waals surface area contributed by atoms with E-state index in [2.05, 4.69) is 18.8 Å². The van der Waals surface area contributed by atoms with Crippen LogP contribution < -0.4 is 0 Å². The molecule has 2 rings (SSSR count). The summed E-state index contributed by atoms with van der Waals surface area (Å²) in [4.78, 5) is 9.16. The molecule has 0 spiro atoms. The summed E-state index contributed by atoms with van der Waals surface area (Å²) in [6.45, 7) is 4.32. The fraction of sp³-hybridized carbons (Fsp3) is 0.692. The van der Waals surface area contributed by atoms with Gasteiger partial charge in [-0.3, -0.25) is 0 Å². The zero-order valence-corrected chi connectivity index (χ0v) is 10.8. The highest BCUT2D eigenvalue weighted by Gasteiger charge is 2.17. The van der Waals surface area contributed by atoms with Gasteiger partial charge in [-0.2, -0.15) is 0 Å². The van der Waals surface area contributed by atoms with Crippen LogP contribution in [0.4, 0.5) is 0 Å². The predicted molar refractivity (Wildman–Crippen MR) is 67.0 cm³/mol. The highest BCUT2D eigenvalue weighted by Crippen LogP contribution is 2.27. The van der Waals surface area contributed by atoms with Gasteiger partial charge in [0.05, 0.1) is 0 Å². The molecule has 1 aliphatic rings. The molecule has 3 heteroatoms. The maximum absolute atomic E-state index is 6.27. The van der Waals surface area contributed by atoms with Crippen molar-refractivity contribution in [2.45, 2.75) is 58.3 Å². The van der Waals surface area contributed by atoms with Gasteiger partial charge in [-0.05, 0) is 32.1 Å². The molecule has 0 radical (unpaired) electrons. The van der Waals surface area contributed by atoms with Crippen LogP contribution in [0.3, 0.4) is 0 Å². The average Bonchev–Trinajstić information content (AvgIpc) is 2.53. The van der Waals surface area contributed by atoms with Gasteiger partial charge in [0.15, 0.2) is 0 Å². The summed E-state index contributed by atoms with van der Waals surface area (Å²) in [7, 11) is 0. The minimum absolute atomic E-state index is 0.408. The molecule has 0 bridgehead atoms. The lowest BCUT2D eigenvalue weighted by molar-refractivity contribution is 0.665. The maximum Gasteiger partial charge on any atom is 0.136 e. The molecule has 2 nitrogen and oxygen atoms in total. The van der Waals surface area contributed by atoms with Gasteiger partial charge >= 0.3 is 0 Å². The first kappa shape index (κ1) is 11.8. The van der Waals surface area contributed by atoms with Crippen molar-refractivity contribution < 1.29 is 0 Å². The standard InChI is InChI=1S/C13H19ClN2/c1-3-9(2)13-15-11-8-6-4-5-7-10(11)12(14)16-13/h9H,3-8H2,1-2H3. The van der Waals surface area contributed by atoms with Crippen LogP contribution in [0.15, 0.2) is 0 Å². The van der Waals surface area contributed by atoms with Crippen LogP contribution in [0.2, 0.25) is 5.15 Å². The largest absolute Gasteiger partial charge is 0.237 e. The minimum Gasteiger partial charge on any atom is -0.237 e. The number of aryl methyl sites for hydroxylation is 1. The molecule has 88 valence electrons. The van der Waals surface area contributed by atoms with E-state index in [9.17, 15) is 0 Å². The molecular weight excluding hydrogens is 220 g/mol. The summed E-state index contributed by atoms with van der Waals surface area (Å²) in [6, 6.07) is 0. The second-order valence-corrected chi connectivity index (χ2v) is 5.03. The van der Waals surface area contributed by atoms with Crippen LogP contribution in [0, 0.1) is 0 Å². The van der Waals surface area contributed by atoms with E-state index in [0.717, 1.165) is 25.1 Å². The predicted octanol–water partition coefficient (Wildman–Crippen LogP) is 3.91. The van der Waals surface area contributed by atoms with Gasteiger partial charge in [0.1, 0.15) is 11.0 Å². The number of rotatable bonds is 2. The number of nitrogens with zero attached hydrogens (tertiary/aromatic N) is 2. The molecule has 1 unspecified atom stereocenters. The van der Waals surface area contributed by atoms with Crippen LogP contribution in [0.25, 0.3) is 0 Å². The second-order valence-electron chi connectivity index (χ2n) is 4.67. The van der Waals surface area contributed by atoms with Crippen molar-refractivity contribution in [1.82, 2.24) is 9.97 Å². The summed E-state index contributed by atoms with van der Waals surface area (Å²) >= 11 is 6.27. The van der Waals surface area contributed by atoms with E-state index in [4.69, 9.17) is 16.6 Å². The minimum atomic E-state index is 0.408. The molecule has 0 aliphatic heterocycles. The van der Waals surface area contributed by atoms with Crippen LogP contribution in [0.5, 0.6) is 0 Å². The third kappa shape index (κ3) is 2.37. The van der Waals surface area contributed by atoms with E-state index in [1.54, 1.807) is 0 Å². The molecular formula is C13H19ClN2. The highest BCUT2D eigenvalue weighted by molar-refractivity contribution is 6.30. The summed E-state index contributed by atoms with van der Waals surface area (Å²) in [5.74, 6) is 1.33. The monoisotopic (exact) mass is 238 g/mol. The van der Waals surface area contributed by atoms with Gasteiger partial charge in [-0.1, -0.05) is 31.9 Å². The van der Waals surface area contributed by atoms with Crippen LogP contribution in [-0.2, 0) is 12.8 Å². The van der Waals surface area contributed by atoms with E-state index >= 15 is 0 Å². The zero-order chi connectivity index (χ0) is 11.5. The van der Waals surface area contributed by atoms with E-state index in [1.165, 1.54) is 30.5 Å². The highest BCUT2D eigenvalue weighted by atomic mass is 35.5. The topological polar surface area (TPSA) is 25.8 Å². The Hall–Kier alpha value is -0.630. The molecule has 1 atom stereocenters. The molecule has 0 fully saturated rings. The molecule has 1 aromatic heterocycles. The summed E-state index contributed by atoms with van der Waals surface area (Å²) < 4.78 is 0. The first-order valence-corrected chi connectivity index (χ1v) is 6.65. The van der Waals surface area contributed by atoms with E-state index < -0.39 is 0 Å². The first-order valence-electron chi connectivity index (χ1n) is 6.27. The molecule has 0 aromatic carbocycles. The lowest BCUT2D eigenvalue weighted by Crippen LogP contribution is -2.07. The van der Waals surface area contributed by atoms with Gasteiger partial charge in [0.2, 0.25) is 0 Å².